The highest BCUT2D eigenvalue weighted by Gasteiger charge is 2.26. The summed E-state index contributed by atoms with van der Waals surface area (Å²) in [5.74, 6) is 1.66. The SMILES string of the molecule is c1ccc(N(c2ccc3c4ccccc4c4ccccc4c4ccccc4c4cc5c(cc4c3c2)sc2ccccc25)c2cccc3c2Oc2ccccc2-c2ccccc2-3)cc1. The molecule has 12 aromatic rings. The summed E-state index contributed by atoms with van der Waals surface area (Å²) in [4.78, 5) is 2.38. The second-order valence-electron chi connectivity index (χ2n) is 16.3. The second-order valence-corrected chi connectivity index (χ2v) is 17.4. The van der Waals surface area contributed by atoms with Crippen molar-refractivity contribution < 1.29 is 4.74 Å². The molecular weight excluding hydrogens is 783 g/mol. The van der Waals surface area contributed by atoms with Crippen LogP contribution in [0.4, 0.5) is 17.1 Å². The van der Waals surface area contributed by atoms with Gasteiger partial charge in [-0.25, -0.2) is 0 Å². The fourth-order valence-corrected chi connectivity index (χ4v) is 11.2. The molecule has 0 aliphatic carbocycles. The van der Waals surface area contributed by atoms with Gasteiger partial charge in [-0.05, 0) is 120 Å². The van der Waals surface area contributed by atoms with Gasteiger partial charge in [-0.2, -0.15) is 0 Å². The van der Waals surface area contributed by atoms with E-state index in [1.54, 1.807) is 0 Å². The van der Waals surface area contributed by atoms with Crippen molar-refractivity contribution in [1.82, 2.24) is 0 Å². The Morgan fingerprint density at radius 1 is 0.286 bits per heavy atom. The molecule has 0 bridgehead atoms. The summed E-state index contributed by atoms with van der Waals surface area (Å²) in [6.07, 6.45) is 0. The van der Waals surface area contributed by atoms with E-state index in [2.05, 4.69) is 229 Å². The van der Waals surface area contributed by atoms with E-state index < -0.39 is 0 Å². The Morgan fingerprint density at radius 2 is 0.778 bits per heavy atom. The van der Waals surface area contributed by atoms with Gasteiger partial charge in [0.2, 0.25) is 0 Å². The Hall–Kier alpha value is -7.98. The maximum atomic E-state index is 7.13. The van der Waals surface area contributed by atoms with E-state index in [9.17, 15) is 0 Å². The first-order valence-electron chi connectivity index (χ1n) is 21.5. The van der Waals surface area contributed by atoms with Crippen LogP contribution in [0.5, 0.6) is 11.5 Å². The van der Waals surface area contributed by atoms with Crippen molar-refractivity contribution in [1.29, 1.82) is 0 Å². The lowest BCUT2D eigenvalue weighted by Crippen LogP contribution is -2.11. The maximum Gasteiger partial charge on any atom is 0.159 e. The number of hydrogen-bond donors (Lipinski definition) is 0. The Morgan fingerprint density at radius 3 is 1.46 bits per heavy atom. The number of fused-ring (bicyclic) bond motifs is 18. The van der Waals surface area contributed by atoms with Gasteiger partial charge in [0.15, 0.2) is 5.75 Å². The Kier molecular flexibility index (Phi) is 8.12. The van der Waals surface area contributed by atoms with Crippen LogP contribution in [-0.2, 0) is 0 Å². The molecule has 1 aliphatic heterocycles. The van der Waals surface area contributed by atoms with Crippen LogP contribution in [0.25, 0.3) is 96.3 Å². The quantitative estimate of drug-likeness (QED) is 0.176. The minimum atomic E-state index is 0.821. The van der Waals surface area contributed by atoms with Gasteiger partial charge in [0, 0.05) is 42.7 Å². The van der Waals surface area contributed by atoms with Gasteiger partial charge in [0.05, 0.1) is 5.69 Å². The van der Waals surface area contributed by atoms with Gasteiger partial charge in [-0.15, -0.1) is 11.3 Å². The lowest BCUT2D eigenvalue weighted by molar-refractivity contribution is 0.489. The molecule has 3 heteroatoms. The van der Waals surface area contributed by atoms with Gasteiger partial charge in [0.1, 0.15) is 5.75 Å². The van der Waals surface area contributed by atoms with Crippen LogP contribution >= 0.6 is 11.3 Å². The molecule has 0 saturated carbocycles. The maximum absolute atomic E-state index is 7.13. The molecule has 0 saturated heterocycles. The lowest BCUT2D eigenvalue weighted by Gasteiger charge is -2.28. The number of ether oxygens (including phenoxy) is 1. The summed E-state index contributed by atoms with van der Waals surface area (Å²) in [7, 11) is 0. The van der Waals surface area contributed by atoms with Crippen molar-refractivity contribution in [3.8, 4) is 33.8 Å². The van der Waals surface area contributed by atoms with Crippen LogP contribution in [0.15, 0.2) is 224 Å². The predicted octanol–water partition coefficient (Wildman–Crippen LogP) is 17.9. The molecule has 63 heavy (non-hydrogen) atoms. The fourth-order valence-electron chi connectivity index (χ4n) is 10.1. The normalized spacial score (nSPS) is 11.9. The van der Waals surface area contributed by atoms with Gasteiger partial charge in [-0.3, -0.25) is 0 Å². The van der Waals surface area contributed by atoms with Crippen molar-refractivity contribution in [3.63, 3.8) is 0 Å². The van der Waals surface area contributed by atoms with E-state index in [0.717, 1.165) is 50.8 Å². The molecule has 0 radical (unpaired) electrons. The van der Waals surface area contributed by atoms with Gasteiger partial charge in [0.25, 0.3) is 0 Å². The monoisotopic (exact) mass is 819 g/mol. The first-order valence-corrected chi connectivity index (χ1v) is 22.3. The second kappa shape index (κ2) is 14.3. The van der Waals surface area contributed by atoms with Crippen LogP contribution in [0.3, 0.4) is 0 Å². The standard InChI is InChI=1S/C60H37NOS/c1-2-17-38(18-3-1)61(56-30-16-29-51-46-25-10-9-24-45(46)49-27-12-14-31-57(49)62-60(51)56)39-33-34-48-44-23-7-6-21-42(44)40-19-4-5-20-41(40)43-22-8-11-26-47(43)53-36-55-50-28-13-15-32-58(50)63-59(55)37-54(53)52(48)35-39/h1-37H. The van der Waals surface area contributed by atoms with Crippen LogP contribution in [-0.4, -0.2) is 0 Å². The van der Waals surface area contributed by atoms with Crippen LogP contribution in [0, 0.1) is 0 Å². The highest BCUT2D eigenvalue weighted by Crippen LogP contribution is 2.53. The molecule has 294 valence electrons. The molecule has 13 rings (SSSR count). The largest absolute Gasteiger partial charge is 0.454 e. The molecule has 0 atom stereocenters. The smallest absolute Gasteiger partial charge is 0.159 e. The third kappa shape index (κ3) is 5.64. The highest BCUT2D eigenvalue weighted by atomic mass is 32.1. The molecule has 2 heterocycles. The van der Waals surface area contributed by atoms with Crippen molar-refractivity contribution in [3.05, 3.63) is 224 Å². The third-order valence-corrected chi connectivity index (χ3v) is 14.0. The van der Waals surface area contributed by atoms with Gasteiger partial charge >= 0.3 is 0 Å². The van der Waals surface area contributed by atoms with Gasteiger partial charge < -0.3 is 9.64 Å². The molecule has 0 unspecified atom stereocenters. The number of thiophene rings is 1. The summed E-state index contributed by atoms with van der Waals surface area (Å²) in [5.41, 5.74) is 7.49. The summed E-state index contributed by atoms with van der Waals surface area (Å²) >= 11 is 1.87. The van der Waals surface area contributed by atoms with Crippen LogP contribution < -0.4 is 9.64 Å². The van der Waals surface area contributed by atoms with E-state index in [1.165, 1.54) is 74.0 Å². The number of benzene rings is 10. The van der Waals surface area contributed by atoms with Crippen LogP contribution in [0.1, 0.15) is 0 Å². The van der Waals surface area contributed by atoms with E-state index >= 15 is 0 Å². The van der Waals surface area contributed by atoms with Crippen LogP contribution in [0.2, 0.25) is 0 Å². The molecule has 0 fully saturated rings. The molecular formula is C60H37NOS. The number of nitrogens with zero attached hydrogens (tertiary/aromatic N) is 1. The Bertz CT molecular complexity index is 3900. The van der Waals surface area contributed by atoms with E-state index in [4.69, 9.17) is 4.74 Å². The minimum Gasteiger partial charge on any atom is -0.454 e. The topological polar surface area (TPSA) is 12.5 Å². The predicted molar refractivity (Wildman–Crippen MR) is 270 cm³/mol. The lowest BCUT2D eigenvalue weighted by atomic mass is 9.93. The Labute approximate surface area is 368 Å². The first-order chi connectivity index (χ1) is 31.3. The van der Waals surface area contributed by atoms with E-state index in [1.807, 2.05) is 11.3 Å². The zero-order valence-corrected chi connectivity index (χ0v) is 34.9. The average Bonchev–Trinajstić information content (AvgIpc) is 3.64. The van der Waals surface area contributed by atoms with Crippen molar-refractivity contribution in [2.45, 2.75) is 0 Å². The minimum absolute atomic E-state index is 0.821. The average molecular weight is 820 g/mol. The molecule has 0 amide bonds. The molecule has 0 N–H and O–H groups in total. The number of para-hydroxylation sites is 3. The zero-order chi connectivity index (χ0) is 41.4. The summed E-state index contributed by atoms with van der Waals surface area (Å²) < 4.78 is 9.70. The summed E-state index contributed by atoms with van der Waals surface area (Å²) in [6, 6.07) is 81.9. The summed E-state index contributed by atoms with van der Waals surface area (Å²) in [6.45, 7) is 0. The zero-order valence-electron chi connectivity index (χ0n) is 34.1. The molecule has 11 aromatic carbocycles. The van der Waals surface area contributed by atoms with Crippen molar-refractivity contribution >= 4 is 102 Å². The number of anilines is 3. The van der Waals surface area contributed by atoms with Gasteiger partial charge in [-0.1, -0.05) is 170 Å². The highest BCUT2D eigenvalue weighted by molar-refractivity contribution is 7.25. The molecule has 1 aromatic heterocycles. The van der Waals surface area contributed by atoms with Crippen molar-refractivity contribution in [2.75, 3.05) is 4.90 Å². The first kappa shape index (κ1) is 35.7. The molecule has 2 nitrogen and oxygen atoms in total. The van der Waals surface area contributed by atoms with E-state index in [-0.39, 0.29) is 0 Å². The molecule has 0 spiro atoms. The molecule has 1 aliphatic rings. The fraction of sp³-hybridized carbons (Fsp3) is 0. The summed E-state index contributed by atoms with van der Waals surface area (Å²) in [5, 5.41) is 14.6. The Balaban J connectivity index is 1.20. The number of rotatable bonds is 3. The third-order valence-electron chi connectivity index (χ3n) is 12.9. The van der Waals surface area contributed by atoms with E-state index in [0.29, 0.717) is 0 Å². The van der Waals surface area contributed by atoms with Crippen molar-refractivity contribution in [2.24, 2.45) is 0 Å². The number of hydrogen-bond acceptors (Lipinski definition) is 3.